The third kappa shape index (κ3) is 3.72. The number of ketones is 1. The lowest BCUT2D eigenvalue weighted by Gasteiger charge is -2.23. The summed E-state index contributed by atoms with van der Waals surface area (Å²) in [5.74, 6) is -3.61. The second-order valence-electron chi connectivity index (χ2n) is 5.85. The van der Waals surface area contributed by atoms with E-state index in [1.807, 2.05) is 0 Å². The molecular formula is C17H16ClF2N3O2. The zero-order valence-electron chi connectivity index (χ0n) is 13.2. The molecule has 132 valence electrons. The van der Waals surface area contributed by atoms with Crippen LogP contribution in [0.3, 0.4) is 0 Å². The number of piperidine rings is 1. The molecule has 0 bridgehead atoms. The summed E-state index contributed by atoms with van der Waals surface area (Å²) in [4.78, 5) is 27.3. The lowest BCUT2D eigenvalue weighted by molar-refractivity contribution is 0.0925. The van der Waals surface area contributed by atoms with Gasteiger partial charge in [-0.05, 0) is 44.1 Å². The number of halogens is 3. The molecule has 3 N–H and O–H groups in total. The van der Waals surface area contributed by atoms with Crippen LogP contribution in [0, 0.1) is 11.6 Å². The number of rotatable bonds is 4. The van der Waals surface area contributed by atoms with Crippen LogP contribution in [0.2, 0.25) is 5.02 Å². The zero-order chi connectivity index (χ0) is 18.0. The molecule has 1 amide bonds. The largest absolute Gasteiger partial charge is 0.356 e. The SMILES string of the molecule is O=C(NC1CCNCC1)c1cc(C(=O)c2c(Cl)ccc(F)c2F)c[nH]1. The number of carbonyl (C=O) groups is 2. The molecule has 1 aromatic heterocycles. The molecule has 1 fully saturated rings. The van der Waals surface area contributed by atoms with Gasteiger partial charge in [-0.1, -0.05) is 11.6 Å². The van der Waals surface area contributed by atoms with Gasteiger partial charge in [0.1, 0.15) is 5.69 Å². The molecule has 1 aliphatic rings. The van der Waals surface area contributed by atoms with E-state index in [1.54, 1.807) is 0 Å². The van der Waals surface area contributed by atoms with Crippen LogP contribution in [-0.4, -0.2) is 35.8 Å². The fraction of sp³-hybridized carbons (Fsp3) is 0.294. The van der Waals surface area contributed by atoms with Crippen LogP contribution in [0.4, 0.5) is 8.78 Å². The molecule has 2 heterocycles. The molecule has 1 aromatic carbocycles. The summed E-state index contributed by atoms with van der Waals surface area (Å²) < 4.78 is 27.3. The molecule has 0 saturated carbocycles. The Kier molecular flexibility index (Phi) is 5.15. The van der Waals surface area contributed by atoms with E-state index in [1.165, 1.54) is 12.3 Å². The summed E-state index contributed by atoms with van der Waals surface area (Å²) in [7, 11) is 0. The molecule has 25 heavy (non-hydrogen) atoms. The number of hydrogen-bond acceptors (Lipinski definition) is 3. The Hall–Kier alpha value is -2.25. The molecule has 3 rings (SSSR count). The minimum atomic E-state index is -1.31. The summed E-state index contributed by atoms with van der Waals surface area (Å²) in [5, 5.41) is 5.89. The molecule has 0 atom stereocenters. The maximum atomic E-state index is 13.9. The van der Waals surface area contributed by atoms with Crippen LogP contribution in [0.15, 0.2) is 24.4 Å². The number of amides is 1. The van der Waals surface area contributed by atoms with Crippen molar-refractivity contribution in [3.63, 3.8) is 0 Å². The van der Waals surface area contributed by atoms with E-state index in [-0.39, 0.29) is 28.2 Å². The normalized spacial score (nSPS) is 15.2. The monoisotopic (exact) mass is 367 g/mol. The zero-order valence-corrected chi connectivity index (χ0v) is 13.9. The van der Waals surface area contributed by atoms with E-state index < -0.39 is 23.0 Å². The second-order valence-corrected chi connectivity index (χ2v) is 6.25. The number of carbonyl (C=O) groups excluding carboxylic acids is 2. The first kappa shape index (κ1) is 17.6. The minimum Gasteiger partial charge on any atom is -0.356 e. The van der Waals surface area contributed by atoms with Crippen molar-refractivity contribution in [2.24, 2.45) is 0 Å². The smallest absolute Gasteiger partial charge is 0.267 e. The quantitative estimate of drug-likeness (QED) is 0.574. The number of aromatic amines is 1. The third-order valence-electron chi connectivity index (χ3n) is 4.14. The highest BCUT2D eigenvalue weighted by molar-refractivity contribution is 6.35. The highest BCUT2D eigenvalue weighted by atomic mass is 35.5. The molecule has 1 saturated heterocycles. The van der Waals surface area contributed by atoms with Gasteiger partial charge < -0.3 is 15.6 Å². The Morgan fingerprint density at radius 2 is 1.92 bits per heavy atom. The molecule has 0 aliphatic carbocycles. The highest BCUT2D eigenvalue weighted by Crippen LogP contribution is 2.24. The predicted molar refractivity (Wildman–Crippen MR) is 89.0 cm³/mol. The Balaban J connectivity index is 1.78. The van der Waals surface area contributed by atoms with Crippen molar-refractivity contribution in [3.05, 3.63) is 57.9 Å². The summed E-state index contributed by atoms with van der Waals surface area (Å²) >= 11 is 5.82. The summed E-state index contributed by atoms with van der Waals surface area (Å²) in [6.45, 7) is 1.66. The molecule has 0 unspecified atom stereocenters. The molecule has 8 heteroatoms. The maximum absolute atomic E-state index is 13.9. The Bertz CT molecular complexity index is 816. The van der Waals surface area contributed by atoms with E-state index in [0.717, 1.165) is 38.1 Å². The summed E-state index contributed by atoms with van der Waals surface area (Å²) in [5.41, 5.74) is -0.345. The standard InChI is InChI=1S/C17H16ClF2N3O2/c18-11-1-2-12(19)15(20)14(11)16(24)9-7-13(22-8-9)17(25)23-10-3-5-21-6-4-10/h1-2,7-8,10,21-22H,3-6H2,(H,23,25). The van der Waals surface area contributed by atoms with Gasteiger partial charge >= 0.3 is 0 Å². The predicted octanol–water partition coefficient (Wildman–Crippen LogP) is 2.66. The molecule has 1 aliphatic heterocycles. The summed E-state index contributed by atoms with van der Waals surface area (Å²) in [6.07, 6.45) is 2.92. The van der Waals surface area contributed by atoms with Gasteiger partial charge in [0.05, 0.1) is 10.6 Å². The van der Waals surface area contributed by atoms with Crippen LogP contribution >= 0.6 is 11.6 Å². The van der Waals surface area contributed by atoms with Gasteiger partial charge in [-0.2, -0.15) is 0 Å². The van der Waals surface area contributed by atoms with Crippen LogP contribution in [0.1, 0.15) is 39.3 Å². The van der Waals surface area contributed by atoms with Crippen LogP contribution in [0.25, 0.3) is 0 Å². The maximum Gasteiger partial charge on any atom is 0.267 e. The Morgan fingerprint density at radius 1 is 1.20 bits per heavy atom. The summed E-state index contributed by atoms with van der Waals surface area (Å²) in [6, 6.07) is 3.33. The van der Waals surface area contributed by atoms with Gasteiger partial charge in [-0.25, -0.2) is 8.78 Å². The lowest BCUT2D eigenvalue weighted by atomic mass is 10.0. The average molecular weight is 368 g/mol. The van der Waals surface area contributed by atoms with Crippen LogP contribution < -0.4 is 10.6 Å². The van der Waals surface area contributed by atoms with Crippen molar-refractivity contribution in [1.82, 2.24) is 15.6 Å². The van der Waals surface area contributed by atoms with Crippen LogP contribution in [0.5, 0.6) is 0 Å². The van der Waals surface area contributed by atoms with Gasteiger partial charge in [0.25, 0.3) is 5.91 Å². The van der Waals surface area contributed by atoms with E-state index in [0.29, 0.717) is 0 Å². The first-order valence-electron chi connectivity index (χ1n) is 7.85. The lowest BCUT2D eigenvalue weighted by Crippen LogP contribution is -2.42. The van der Waals surface area contributed by atoms with E-state index >= 15 is 0 Å². The average Bonchev–Trinajstić information content (AvgIpc) is 3.09. The number of benzene rings is 1. The second kappa shape index (κ2) is 7.33. The highest BCUT2D eigenvalue weighted by Gasteiger charge is 2.23. The fourth-order valence-electron chi connectivity index (χ4n) is 2.77. The van der Waals surface area contributed by atoms with E-state index in [2.05, 4.69) is 15.6 Å². The molecule has 0 radical (unpaired) electrons. The van der Waals surface area contributed by atoms with E-state index in [4.69, 9.17) is 11.6 Å². The van der Waals surface area contributed by atoms with Crippen molar-refractivity contribution in [2.45, 2.75) is 18.9 Å². The van der Waals surface area contributed by atoms with Crippen LogP contribution in [-0.2, 0) is 0 Å². The van der Waals surface area contributed by atoms with E-state index in [9.17, 15) is 18.4 Å². The molecule has 2 aromatic rings. The first-order valence-corrected chi connectivity index (χ1v) is 8.23. The minimum absolute atomic E-state index is 0.0295. The Labute approximate surface area is 147 Å². The first-order chi connectivity index (χ1) is 12.0. The van der Waals surface area contributed by atoms with Gasteiger partial charge in [0, 0.05) is 17.8 Å². The fourth-order valence-corrected chi connectivity index (χ4v) is 3.00. The number of aromatic nitrogens is 1. The molecule has 0 spiro atoms. The van der Waals surface area contributed by atoms with Gasteiger partial charge in [0.2, 0.25) is 0 Å². The topological polar surface area (TPSA) is 74.0 Å². The van der Waals surface area contributed by atoms with Crippen molar-refractivity contribution < 1.29 is 18.4 Å². The molecule has 5 nitrogen and oxygen atoms in total. The number of hydrogen-bond donors (Lipinski definition) is 3. The van der Waals surface area contributed by atoms with Crippen molar-refractivity contribution >= 4 is 23.3 Å². The van der Waals surface area contributed by atoms with Crippen molar-refractivity contribution in [2.75, 3.05) is 13.1 Å². The number of nitrogens with one attached hydrogen (secondary N) is 3. The Morgan fingerprint density at radius 3 is 2.64 bits per heavy atom. The van der Waals surface area contributed by atoms with Gasteiger partial charge in [-0.15, -0.1) is 0 Å². The number of H-pyrrole nitrogens is 1. The van der Waals surface area contributed by atoms with Gasteiger partial charge in [-0.3, -0.25) is 9.59 Å². The van der Waals surface area contributed by atoms with Gasteiger partial charge in [0.15, 0.2) is 17.4 Å². The third-order valence-corrected chi connectivity index (χ3v) is 4.45. The molecular weight excluding hydrogens is 352 g/mol. The van der Waals surface area contributed by atoms with Crippen molar-refractivity contribution in [1.29, 1.82) is 0 Å². The van der Waals surface area contributed by atoms with Crippen molar-refractivity contribution in [3.8, 4) is 0 Å².